The molecule has 7 nitrogen and oxygen atoms in total. The van der Waals surface area contributed by atoms with Gasteiger partial charge >= 0.3 is 5.97 Å². The number of aliphatic carboxylic acids is 1. The molecule has 18 heavy (non-hydrogen) atoms. The van der Waals surface area contributed by atoms with Gasteiger partial charge in [-0.25, -0.2) is 8.42 Å². The Labute approximate surface area is 104 Å². The number of nitrogens with zero attached hydrogens (tertiary/aromatic N) is 2. The predicted octanol–water partition coefficient (Wildman–Crippen LogP) is -0.871. The van der Waals surface area contributed by atoms with Crippen LogP contribution in [0.25, 0.3) is 0 Å². The van der Waals surface area contributed by atoms with E-state index in [0.29, 0.717) is 6.54 Å². The van der Waals surface area contributed by atoms with E-state index in [2.05, 4.69) is 10.3 Å². The number of carboxylic acid groups (broad SMARTS) is 1. The van der Waals surface area contributed by atoms with Crippen molar-refractivity contribution in [3.63, 3.8) is 0 Å². The highest BCUT2D eigenvalue weighted by molar-refractivity contribution is 7.89. The Hall–Kier alpha value is -1.51. The molecule has 1 aliphatic rings. The molecule has 0 radical (unpaired) electrons. The molecule has 1 saturated heterocycles. The van der Waals surface area contributed by atoms with Gasteiger partial charge in [0.15, 0.2) is 0 Å². The smallest absolute Gasteiger partial charge is 0.322 e. The molecular weight excluding hydrogens is 258 g/mol. The fourth-order valence-corrected chi connectivity index (χ4v) is 3.18. The molecule has 2 rings (SSSR count). The summed E-state index contributed by atoms with van der Waals surface area (Å²) in [6.45, 7) is 0.490. The Morgan fingerprint density at radius 3 is 2.94 bits per heavy atom. The van der Waals surface area contributed by atoms with Crippen LogP contribution in [0, 0.1) is 0 Å². The van der Waals surface area contributed by atoms with Crippen molar-refractivity contribution in [2.24, 2.45) is 0 Å². The lowest BCUT2D eigenvalue weighted by atomic mass is 10.2. The van der Waals surface area contributed by atoms with Crippen LogP contribution in [-0.4, -0.2) is 54.5 Å². The molecule has 1 aromatic rings. The van der Waals surface area contributed by atoms with Gasteiger partial charge in [-0.1, -0.05) is 0 Å². The number of carboxylic acids is 1. The lowest BCUT2D eigenvalue weighted by Crippen LogP contribution is -2.55. The first kappa shape index (κ1) is 12.9. The summed E-state index contributed by atoms with van der Waals surface area (Å²) < 4.78 is 25.6. The van der Waals surface area contributed by atoms with Crippen LogP contribution in [0.3, 0.4) is 0 Å². The lowest BCUT2D eigenvalue weighted by molar-refractivity contribution is -0.140. The molecule has 98 valence electrons. The van der Waals surface area contributed by atoms with Gasteiger partial charge in [-0.15, -0.1) is 0 Å². The number of rotatable bonds is 3. The van der Waals surface area contributed by atoms with Crippen molar-refractivity contribution in [3.05, 3.63) is 24.5 Å². The topological polar surface area (TPSA) is 99.6 Å². The molecule has 0 bridgehead atoms. The zero-order chi connectivity index (χ0) is 13.2. The third-order valence-corrected chi connectivity index (χ3v) is 4.56. The Kier molecular flexibility index (Phi) is 3.60. The van der Waals surface area contributed by atoms with Gasteiger partial charge in [0.1, 0.15) is 10.9 Å². The molecule has 1 aromatic heterocycles. The van der Waals surface area contributed by atoms with Gasteiger partial charge < -0.3 is 10.4 Å². The largest absolute Gasteiger partial charge is 0.480 e. The summed E-state index contributed by atoms with van der Waals surface area (Å²) >= 11 is 0. The van der Waals surface area contributed by atoms with E-state index in [9.17, 15) is 13.2 Å². The molecule has 8 heteroatoms. The molecule has 0 saturated carbocycles. The van der Waals surface area contributed by atoms with E-state index in [0.717, 1.165) is 0 Å². The number of hydrogen-bond acceptors (Lipinski definition) is 5. The summed E-state index contributed by atoms with van der Waals surface area (Å²) in [5.74, 6) is -1.05. The molecule has 1 atom stereocenters. The number of nitrogens with one attached hydrogen (secondary N) is 1. The second-order valence-electron chi connectivity index (χ2n) is 3.90. The molecule has 2 heterocycles. The SMILES string of the molecule is O=C(O)[C@H]1CN(S(=O)(=O)c2cccnc2)CCN1. The summed E-state index contributed by atoms with van der Waals surface area (Å²) in [7, 11) is -3.66. The molecular formula is C10H13N3O4S. The van der Waals surface area contributed by atoms with E-state index in [1.54, 1.807) is 0 Å². The minimum absolute atomic E-state index is 0.0768. The number of aromatic nitrogens is 1. The van der Waals surface area contributed by atoms with Gasteiger partial charge in [0.25, 0.3) is 0 Å². The van der Waals surface area contributed by atoms with Gasteiger partial charge in [-0.2, -0.15) is 4.31 Å². The van der Waals surface area contributed by atoms with E-state index in [4.69, 9.17) is 5.11 Å². The summed E-state index contributed by atoms with van der Waals surface area (Å²) in [5.41, 5.74) is 0. The number of pyridine rings is 1. The van der Waals surface area contributed by atoms with Crippen LogP contribution in [0.15, 0.2) is 29.4 Å². The highest BCUT2D eigenvalue weighted by Crippen LogP contribution is 2.15. The van der Waals surface area contributed by atoms with E-state index in [1.165, 1.54) is 28.8 Å². The normalized spacial score (nSPS) is 21.7. The maximum atomic E-state index is 12.2. The molecule has 2 N–H and O–H groups in total. The average Bonchev–Trinajstić information content (AvgIpc) is 2.40. The van der Waals surface area contributed by atoms with Crippen molar-refractivity contribution in [3.8, 4) is 0 Å². The molecule has 0 amide bonds. The minimum atomic E-state index is -3.66. The van der Waals surface area contributed by atoms with Crippen LogP contribution >= 0.6 is 0 Å². The van der Waals surface area contributed by atoms with Crippen LogP contribution in [0.1, 0.15) is 0 Å². The van der Waals surface area contributed by atoms with Crippen molar-refractivity contribution in [1.82, 2.24) is 14.6 Å². The lowest BCUT2D eigenvalue weighted by Gasteiger charge is -2.30. The van der Waals surface area contributed by atoms with Gasteiger partial charge in [-0.3, -0.25) is 9.78 Å². The maximum Gasteiger partial charge on any atom is 0.322 e. The zero-order valence-electron chi connectivity index (χ0n) is 9.48. The highest BCUT2D eigenvalue weighted by Gasteiger charge is 2.32. The second kappa shape index (κ2) is 5.01. The van der Waals surface area contributed by atoms with Crippen molar-refractivity contribution in [1.29, 1.82) is 0 Å². The average molecular weight is 271 g/mol. The fraction of sp³-hybridized carbons (Fsp3) is 0.400. The molecule has 1 fully saturated rings. The number of sulfonamides is 1. The Bertz CT molecular complexity index is 531. The van der Waals surface area contributed by atoms with Gasteiger partial charge in [0.05, 0.1) is 0 Å². The third-order valence-electron chi connectivity index (χ3n) is 2.71. The third kappa shape index (κ3) is 2.50. The zero-order valence-corrected chi connectivity index (χ0v) is 10.3. The molecule has 1 aliphatic heterocycles. The first-order valence-corrected chi connectivity index (χ1v) is 6.82. The quantitative estimate of drug-likeness (QED) is 0.741. The van der Waals surface area contributed by atoms with E-state index >= 15 is 0 Å². The predicted molar refractivity (Wildman–Crippen MR) is 62.4 cm³/mol. The highest BCUT2D eigenvalue weighted by atomic mass is 32.2. The minimum Gasteiger partial charge on any atom is -0.480 e. The summed E-state index contributed by atoms with van der Waals surface area (Å²) in [4.78, 5) is 14.7. The van der Waals surface area contributed by atoms with Crippen molar-refractivity contribution >= 4 is 16.0 Å². The molecule has 0 spiro atoms. The monoisotopic (exact) mass is 271 g/mol. The van der Waals surface area contributed by atoms with E-state index in [1.807, 2.05) is 0 Å². The van der Waals surface area contributed by atoms with Gasteiger partial charge in [0.2, 0.25) is 10.0 Å². The van der Waals surface area contributed by atoms with E-state index < -0.39 is 22.0 Å². The van der Waals surface area contributed by atoms with Gasteiger partial charge in [-0.05, 0) is 12.1 Å². The molecule has 0 aromatic carbocycles. The first-order chi connectivity index (χ1) is 8.51. The number of carbonyl (C=O) groups is 1. The number of hydrogen-bond donors (Lipinski definition) is 2. The maximum absolute atomic E-state index is 12.2. The Morgan fingerprint density at radius 2 is 2.33 bits per heavy atom. The standard InChI is InChI=1S/C10H13N3O4S/c14-10(15)9-7-13(5-4-12-9)18(16,17)8-2-1-3-11-6-8/h1-3,6,9,12H,4-5,7H2,(H,14,15)/t9-/m1/s1. The van der Waals surface area contributed by atoms with Crippen molar-refractivity contribution < 1.29 is 18.3 Å². The summed E-state index contributed by atoms with van der Waals surface area (Å²) in [6, 6.07) is 2.11. The first-order valence-electron chi connectivity index (χ1n) is 5.38. The van der Waals surface area contributed by atoms with Crippen LogP contribution in [-0.2, 0) is 14.8 Å². The van der Waals surface area contributed by atoms with Crippen LogP contribution in [0.2, 0.25) is 0 Å². The Balaban J connectivity index is 2.23. The fourth-order valence-electron chi connectivity index (χ4n) is 1.76. The van der Waals surface area contributed by atoms with Crippen LogP contribution in [0.4, 0.5) is 0 Å². The summed E-state index contributed by atoms with van der Waals surface area (Å²) in [6.07, 6.45) is 2.74. The van der Waals surface area contributed by atoms with Crippen LogP contribution in [0.5, 0.6) is 0 Å². The molecule has 0 aliphatic carbocycles. The van der Waals surface area contributed by atoms with E-state index in [-0.39, 0.29) is 18.0 Å². The van der Waals surface area contributed by atoms with Crippen LogP contribution < -0.4 is 5.32 Å². The molecule has 0 unspecified atom stereocenters. The van der Waals surface area contributed by atoms with Gasteiger partial charge in [0, 0.05) is 32.0 Å². The summed E-state index contributed by atoms with van der Waals surface area (Å²) in [5, 5.41) is 11.6. The number of piperazine rings is 1. The Morgan fingerprint density at radius 1 is 1.56 bits per heavy atom. The van der Waals surface area contributed by atoms with Crippen molar-refractivity contribution in [2.75, 3.05) is 19.6 Å². The van der Waals surface area contributed by atoms with Crippen molar-refractivity contribution in [2.45, 2.75) is 10.9 Å². The second-order valence-corrected chi connectivity index (χ2v) is 5.83.